The van der Waals surface area contributed by atoms with Crippen molar-refractivity contribution in [1.82, 2.24) is 24.8 Å². The van der Waals surface area contributed by atoms with Crippen molar-refractivity contribution < 1.29 is 14.3 Å². The van der Waals surface area contributed by atoms with Crippen LogP contribution in [0.1, 0.15) is 12.2 Å². The number of H-pyrrole nitrogens is 1. The van der Waals surface area contributed by atoms with Gasteiger partial charge >= 0.3 is 0 Å². The Morgan fingerprint density at radius 2 is 2.23 bits per heavy atom. The second-order valence-electron chi connectivity index (χ2n) is 6.86. The van der Waals surface area contributed by atoms with E-state index in [-0.39, 0.29) is 18.6 Å². The third-order valence-electron chi connectivity index (χ3n) is 4.87. The van der Waals surface area contributed by atoms with Crippen molar-refractivity contribution in [3.8, 4) is 23.3 Å². The van der Waals surface area contributed by atoms with Crippen LogP contribution in [-0.2, 0) is 4.79 Å². The van der Waals surface area contributed by atoms with Crippen LogP contribution in [-0.4, -0.2) is 63.6 Å². The van der Waals surface area contributed by atoms with Gasteiger partial charge in [-0.25, -0.2) is 15.0 Å². The molecule has 3 aromatic rings. The zero-order valence-corrected chi connectivity index (χ0v) is 17.1. The molecule has 9 heteroatoms. The van der Waals surface area contributed by atoms with E-state index in [2.05, 4.69) is 43.7 Å². The number of carbonyl (C=O) groups excluding carboxylic acids is 1. The molecule has 31 heavy (non-hydrogen) atoms. The number of benzene rings is 1. The third-order valence-corrected chi connectivity index (χ3v) is 4.87. The predicted molar refractivity (Wildman–Crippen MR) is 116 cm³/mol. The average molecular weight is 418 g/mol. The van der Waals surface area contributed by atoms with Gasteiger partial charge in [0.2, 0.25) is 5.91 Å². The topological polar surface area (TPSA) is 105 Å². The van der Waals surface area contributed by atoms with E-state index in [9.17, 15) is 4.79 Å². The molecule has 0 bridgehead atoms. The van der Waals surface area contributed by atoms with E-state index in [0.717, 1.165) is 6.42 Å². The molecule has 0 saturated carbocycles. The first kappa shape index (κ1) is 20.2. The highest BCUT2D eigenvalue weighted by atomic mass is 16.5. The Morgan fingerprint density at radius 3 is 3.03 bits per heavy atom. The molecule has 1 fully saturated rings. The molecular formula is C22H22N6O3. The van der Waals surface area contributed by atoms with E-state index in [0.29, 0.717) is 47.4 Å². The van der Waals surface area contributed by atoms with E-state index in [1.54, 1.807) is 12.0 Å². The zero-order chi connectivity index (χ0) is 21.6. The molecule has 158 valence electrons. The van der Waals surface area contributed by atoms with Gasteiger partial charge in [0.25, 0.3) is 0 Å². The number of hydrogen-bond donors (Lipinski definition) is 2. The van der Waals surface area contributed by atoms with Crippen molar-refractivity contribution in [2.75, 3.05) is 32.1 Å². The first-order chi connectivity index (χ1) is 15.2. The van der Waals surface area contributed by atoms with Gasteiger partial charge in [-0.2, -0.15) is 0 Å². The Kier molecular flexibility index (Phi) is 5.98. The Hall–Kier alpha value is -4.06. The minimum Gasteiger partial charge on any atom is -0.493 e. The molecule has 1 saturated heterocycles. The van der Waals surface area contributed by atoms with E-state index in [1.807, 2.05) is 24.3 Å². The lowest BCUT2D eigenvalue weighted by Gasteiger charge is -2.15. The molecule has 1 aliphatic rings. The lowest BCUT2D eigenvalue weighted by Crippen LogP contribution is -2.30. The Bertz CT molecular complexity index is 1160. The number of imidazole rings is 1. The summed E-state index contributed by atoms with van der Waals surface area (Å²) in [5.74, 6) is 8.18. The van der Waals surface area contributed by atoms with Crippen molar-refractivity contribution in [2.24, 2.45) is 0 Å². The first-order valence-electron chi connectivity index (χ1n) is 9.81. The molecule has 0 aliphatic carbocycles. The first-order valence-corrected chi connectivity index (χ1v) is 9.81. The van der Waals surface area contributed by atoms with Crippen LogP contribution < -0.4 is 14.8 Å². The van der Waals surface area contributed by atoms with Gasteiger partial charge in [0, 0.05) is 19.1 Å². The molecule has 4 rings (SSSR count). The molecule has 2 aromatic heterocycles. The molecule has 3 heterocycles. The summed E-state index contributed by atoms with van der Waals surface area (Å²) in [6, 6.07) is 7.48. The highest BCUT2D eigenvalue weighted by molar-refractivity contribution is 5.87. The number of amides is 1. The molecule has 9 nitrogen and oxygen atoms in total. The van der Waals surface area contributed by atoms with Gasteiger partial charge in [0.15, 0.2) is 34.3 Å². The summed E-state index contributed by atoms with van der Waals surface area (Å²) < 4.78 is 10.9. The number of ether oxygens (including phenoxy) is 2. The summed E-state index contributed by atoms with van der Waals surface area (Å²) in [7, 11) is 1.59. The highest BCUT2D eigenvalue weighted by Gasteiger charge is 2.25. The predicted octanol–water partition coefficient (Wildman–Crippen LogP) is 1.99. The van der Waals surface area contributed by atoms with Crippen LogP contribution in [0.3, 0.4) is 0 Å². The fourth-order valence-electron chi connectivity index (χ4n) is 3.37. The van der Waals surface area contributed by atoms with Crippen molar-refractivity contribution in [3.05, 3.63) is 49.1 Å². The number of hydrogen-bond acceptors (Lipinski definition) is 7. The molecule has 1 amide bonds. The smallest absolute Gasteiger partial charge is 0.246 e. The standard InChI is InChI=1S/C22H22N6O3/c1-3-19(29)28-11-10-15(13-28)25-21-20-22(24-14-23-21)27-18(26-20)9-6-12-31-17-8-5-4-7-16(17)30-2/h3-5,7-8,14-15H,1,10-13H2,2H3,(H2,23,24,25,26,27)/t15-/m1/s1. The number of methoxy groups -OCH3 is 1. The van der Waals surface area contributed by atoms with Crippen molar-refractivity contribution >= 4 is 22.9 Å². The number of nitrogens with zero attached hydrogens (tertiary/aromatic N) is 4. The van der Waals surface area contributed by atoms with E-state index < -0.39 is 0 Å². The van der Waals surface area contributed by atoms with Crippen molar-refractivity contribution in [3.63, 3.8) is 0 Å². The number of carbonyl (C=O) groups is 1. The number of nitrogens with one attached hydrogen (secondary N) is 2. The summed E-state index contributed by atoms with van der Waals surface area (Å²) in [5.41, 5.74) is 1.19. The molecule has 2 N–H and O–H groups in total. The number of fused-ring (bicyclic) bond motifs is 1. The molecule has 1 aliphatic heterocycles. The minimum absolute atomic E-state index is 0.0650. The number of likely N-dealkylation sites (tertiary alicyclic amines) is 1. The largest absolute Gasteiger partial charge is 0.493 e. The fourth-order valence-corrected chi connectivity index (χ4v) is 3.37. The molecule has 1 atom stereocenters. The SMILES string of the molecule is C=CC(=O)N1CC[C@@H](Nc2ncnc3[nH]c(C#CCOc4ccccc4OC)nc23)C1. The maximum absolute atomic E-state index is 11.8. The lowest BCUT2D eigenvalue weighted by molar-refractivity contribution is -0.125. The highest BCUT2D eigenvalue weighted by Crippen LogP contribution is 2.25. The second-order valence-corrected chi connectivity index (χ2v) is 6.86. The maximum atomic E-state index is 11.8. The minimum atomic E-state index is -0.0650. The van der Waals surface area contributed by atoms with Crippen LogP contribution in [0.2, 0.25) is 0 Å². The van der Waals surface area contributed by atoms with Crippen molar-refractivity contribution in [1.29, 1.82) is 0 Å². The summed E-state index contributed by atoms with van der Waals surface area (Å²) in [5, 5.41) is 3.36. The van der Waals surface area contributed by atoms with Crippen LogP contribution in [0.4, 0.5) is 5.82 Å². The van der Waals surface area contributed by atoms with Gasteiger partial charge in [-0.1, -0.05) is 24.6 Å². The third kappa shape index (κ3) is 4.59. The molecule has 0 radical (unpaired) electrons. The van der Waals surface area contributed by atoms with Gasteiger partial charge in [0.05, 0.1) is 7.11 Å². The average Bonchev–Trinajstić information content (AvgIpc) is 3.44. The van der Waals surface area contributed by atoms with Crippen molar-refractivity contribution in [2.45, 2.75) is 12.5 Å². The van der Waals surface area contributed by atoms with Crippen LogP contribution in [0, 0.1) is 11.8 Å². The quantitative estimate of drug-likeness (QED) is 0.466. The van der Waals surface area contributed by atoms with Crippen LogP contribution in [0.25, 0.3) is 11.2 Å². The second kappa shape index (κ2) is 9.17. The van der Waals surface area contributed by atoms with Gasteiger partial charge in [-0.3, -0.25) is 4.79 Å². The lowest BCUT2D eigenvalue weighted by atomic mass is 10.2. The maximum Gasteiger partial charge on any atom is 0.246 e. The fraction of sp³-hybridized carbons (Fsp3) is 0.273. The number of aromatic nitrogens is 4. The van der Waals surface area contributed by atoms with Crippen LogP contribution in [0.5, 0.6) is 11.5 Å². The Balaban J connectivity index is 1.43. The Morgan fingerprint density at radius 1 is 1.39 bits per heavy atom. The van der Waals surface area contributed by atoms with Crippen LogP contribution in [0.15, 0.2) is 43.2 Å². The summed E-state index contributed by atoms with van der Waals surface area (Å²) in [6.45, 7) is 5.00. The number of aromatic amines is 1. The van der Waals surface area contributed by atoms with Gasteiger partial charge in [0.1, 0.15) is 12.9 Å². The summed E-state index contributed by atoms with van der Waals surface area (Å²) in [6.07, 6.45) is 3.62. The van der Waals surface area contributed by atoms with E-state index >= 15 is 0 Å². The van der Waals surface area contributed by atoms with Gasteiger partial charge in [-0.05, 0) is 30.6 Å². The summed E-state index contributed by atoms with van der Waals surface area (Å²) in [4.78, 5) is 29.7. The van der Waals surface area contributed by atoms with Crippen LogP contribution >= 0.6 is 0 Å². The normalized spacial score (nSPS) is 15.3. The monoisotopic (exact) mass is 418 g/mol. The zero-order valence-electron chi connectivity index (χ0n) is 17.1. The van der Waals surface area contributed by atoms with Gasteiger partial charge in [-0.15, -0.1) is 0 Å². The van der Waals surface area contributed by atoms with E-state index in [1.165, 1.54) is 12.4 Å². The molecule has 1 aromatic carbocycles. The number of para-hydroxylation sites is 2. The molecule has 0 unspecified atom stereocenters. The molecular weight excluding hydrogens is 396 g/mol. The number of anilines is 1. The molecule has 0 spiro atoms. The van der Waals surface area contributed by atoms with E-state index in [4.69, 9.17) is 9.47 Å². The Labute approximate surface area is 179 Å². The number of rotatable bonds is 6. The van der Waals surface area contributed by atoms with Gasteiger partial charge < -0.3 is 24.7 Å². The summed E-state index contributed by atoms with van der Waals surface area (Å²) >= 11 is 0.